The molecule has 0 aliphatic carbocycles. The summed E-state index contributed by atoms with van der Waals surface area (Å²) in [5.41, 5.74) is 1.34. The van der Waals surface area contributed by atoms with Crippen molar-refractivity contribution in [3.8, 4) is 5.75 Å². The zero-order valence-corrected chi connectivity index (χ0v) is 16.1. The maximum Gasteiger partial charge on any atom is 0.344 e. The van der Waals surface area contributed by atoms with Gasteiger partial charge in [-0.15, -0.1) is 0 Å². The fourth-order valence-corrected chi connectivity index (χ4v) is 2.70. The molecule has 6 heteroatoms. The standard InChI is InChI=1S/C22H25NO5/c1-16(2)12-19(17-8-4-3-5-9-17)23-21(25)14-28-22(26)15-27-20-11-7-6-10-18(20)13-24/h3-11,13,16,19H,12,14-15H2,1-2H3,(H,23,25)/t19-/m0/s1. The summed E-state index contributed by atoms with van der Waals surface area (Å²) in [4.78, 5) is 35.0. The number of aldehydes is 1. The molecule has 1 atom stereocenters. The van der Waals surface area contributed by atoms with Crippen LogP contribution in [0.2, 0.25) is 0 Å². The van der Waals surface area contributed by atoms with E-state index in [1.54, 1.807) is 24.3 Å². The van der Waals surface area contributed by atoms with Crippen LogP contribution in [0.15, 0.2) is 54.6 Å². The first-order valence-electron chi connectivity index (χ1n) is 9.16. The molecular formula is C22H25NO5. The Balaban J connectivity index is 1.83. The van der Waals surface area contributed by atoms with E-state index in [4.69, 9.17) is 9.47 Å². The van der Waals surface area contributed by atoms with Gasteiger partial charge in [0.05, 0.1) is 11.6 Å². The topological polar surface area (TPSA) is 81.7 Å². The summed E-state index contributed by atoms with van der Waals surface area (Å²) < 4.78 is 10.3. The Morgan fingerprint density at radius 3 is 2.36 bits per heavy atom. The van der Waals surface area contributed by atoms with Crippen molar-refractivity contribution in [1.29, 1.82) is 0 Å². The Bertz CT molecular complexity index is 789. The Morgan fingerprint density at radius 1 is 1.00 bits per heavy atom. The number of esters is 1. The fraction of sp³-hybridized carbons (Fsp3) is 0.318. The number of amides is 1. The molecule has 1 N–H and O–H groups in total. The molecule has 0 aliphatic rings. The predicted molar refractivity (Wildman–Crippen MR) is 105 cm³/mol. The smallest absolute Gasteiger partial charge is 0.344 e. The maximum atomic E-state index is 12.2. The first-order chi connectivity index (χ1) is 13.5. The van der Waals surface area contributed by atoms with Gasteiger partial charge in [0.25, 0.3) is 5.91 Å². The van der Waals surface area contributed by atoms with Gasteiger partial charge in [-0.3, -0.25) is 9.59 Å². The first-order valence-corrected chi connectivity index (χ1v) is 9.16. The summed E-state index contributed by atoms with van der Waals surface area (Å²) in [7, 11) is 0. The van der Waals surface area contributed by atoms with Crippen LogP contribution in [0, 0.1) is 5.92 Å². The summed E-state index contributed by atoms with van der Waals surface area (Å²) in [6.45, 7) is 3.39. The van der Waals surface area contributed by atoms with E-state index in [2.05, 4.69) is 19.2 Å². The largest absolute Gasteiger partial charge is 0.481 e. The number of carbonyl (C=O) groups excluding carboxylic acids is 3. The molecule has 2 aromatic carbocycles. The predicted octanol–water partition coefficient (Wildman–Crippen LogP) is 3.32. The highest BCUT2D eigenvalue weighted by molar-refractivity contribution is 5.82. The number of carbonyl (C=O) groups is 3. The third kappa shape index (κ3) is 6.87. The van der Waals surface area contributed by atoms with Crippen molar-refractivity contribution < 1.29 is 23.9 Å². The molecule has 0 fully saturated rings. The Kier molecular flexibility index (Phi) is 8.21. The maximum absolute atomic E-state index is 12.2. The number of nitrogens with one attached hydrogen (secondary N) is 1. The lowest BCUT2D eigenvalue weighted by atomic mass is 9.97. The highest BCUT2D eigenvalue weighted by atomic mass is 16.6. The Hall–Kier alpha value is -3.15. The van der Waals surface area contributed by atoms with Gasteiger partial charge in [0.1, 0.15) is 5.75 Å². The van der Waals surface area contributed by atoms with E-state index in [0.717, 1.165) is 12.0 Å². The average molecular weight is 383 g/mol. The van der Waals surface area contributed by atoms with Crippen molar-refractivity contribution in [2.45, 2.75) is 26.3 Å². The molecule has 2 rings (SSSR count). The van der Waals surface area contributed by atoms with Crippen molar-refractivity contribution in [2.75, 3.05) is 13.2 Å². The van der Waals surface area contributed by atoms with Gasteiger partial charge in [0, 0.05) is 0 Å². The Labute approximate surface area is 164 Å². The van der Waals surface area contributed by atoms with E-state index in [0.29, 0.717) is 23.5 Å². The molecule has 0 saturated heterocycles. The summed E-state index contributed by atoms with van der Waals surface area (Å²) >= 11 is 0. The van der Waals surface area contributed by atoms with Crippen molar-refractivity contribution >= 4 is 18.2 Å². The minimum Gasteiger partial charge on any atom is -0.481 e. The normalized spacial score (nSPS) is 11.5. The van der Waals surface area contributed by atoms with Gasteiger partial charge in [0.2, 0.25) is 0 Å². The fourth-order valence-electron chi connectivity index (χ4n) is 2.70. The second-order valence-electron chi connectivity index (χ2n) is 6.77. The van der Waals surface area contributed by atoms with Crippen LogP contribution in [0.1, 0.15) is 42.2 Å². The molecule has 2 aromatic rings. The molecule has 0 aliphatic heterocycles. The molecule has 0 aromatic heterocycles. The molecule has 6 nitrogen and oxygen atoms in total. The van der Waals surface area contributed by atoms with Gasteiger partial charge < -0.3 is 14.8 Å². The van der Waals surface area contributed by atoms with E-state index in [1.807, 2.05) is 30.3 Å². The molecular weight excluding hydrogens is 358 g/mol. The summed E-state index contributed by atoms with van der Waals surface area (Å²) in [5, 5.41) is 2.91. The van der Waals surface area contributed by atoms with E-state index in [1.165, 1.54) is 0 Å². The zero-order chi connectivity index (χ0) is 20.4. The van der Waals surface area contributed by atoms with Gasteiger partial charge >= 0.3 is 5.97 Å². The van der Waals surface area contributed by atoms with Gasteiger partial charge in [-0.25, -0.2) is 4.79 Å². The molecule has 28 heavy (non-hydrogen) atoms. The summed E-state index contributed by atoms with van der Waals surface area (Å²) in [6, 6.07) is 16.1. The minimum atomic E-state index is -0.684. The van der Waals surface area contributed by atoms with Crippen LogP contribution < -0.4 is 10.1 Å². The van der Waals surface area contributed by atoms with Gasteiger partial charge in [-0.05, 0) is 30.0 Å². The molecule has 148 valence electrons. The molecule has 0 unspecified atom stereocenters. The lowest BCUT2D eigenvalue weighted by Gasteiger charge is -2.21. The lowest BCUT2D eigenvalue weighted by Crippen LogP contribution is -2.33. The van der Waals surface area contributed by atoms with Crippen LogP contribution >= 0.6 is 0 Å². The summed E-state index contributed by atoms with van der Waals surface area (Å²) in [5.74, 6) is -0.383. The van der Waals surface area contributed by atoms with E-state index >= 15 is 0 Å². The third-order valence-corrected chi connectivity index (χ3v) is 4.00. The number of benzene rings is 2. The first kappa shape index (κ1) is 21.2. The lowest BCUT2D eigenvalue weighted by molar-refractivity contribution is -0.150. The van der Waals surface area contributed by atoms with Crippen LogP contribution in [-0.4, -0.2) is 31.4 Å². The van der Waals surface area contributed by atoms with E-state index in [9.17, 15) is 14.4 Å². The molecule has 0 radical (unpaired) electrons. The van der Waals surface area contributed by atoms with Crippen molar-refractivity contribution in [3.05, 3.63) is 65.7 Å². The van der Waals surface area contributed by atoms with Crippen molar-refractivity contribution in [3.63, 3.8) is 0 Å². The third-order valence-electron chi connectivity index (χ3n) is 4.00. The van der Waals surface area contributed by atoms with Gasteiger partial charge in [-0.1, -0.05) is 56.3 Å². The molecule has 0 saturated carbocycles. The number of hydrogen-bond acceptors (Lipinski definition) is 5. The Morgan fingerprint density at radius 2 is 1.68 bits per heavy atom. The van der Waals surface area contributed by atoms with Gasteiger partial charge in [-0.2, -0.15) is 0 Å². The monoisotopic (exact) mass is 383 g/mol. The van der Waals surface area contributed by atoms with Crippen molar-refractivity contribution in [1.82, 2.24) is 5.32 Å². The van der Waals surface area contributed by atoms with E-state index < -0.39 is 5.97 Å². The van der Waals surface area contributed by atoms with Crippen LogP contribution in [0.3, 0.4) is 0 Å². The molecule has 1 amide bonds. The second kappa shape index (κ2) is 10.9. The molecule has 0 heterocycles. The number of rotatable bonds is 10. The molecule has 0 bridgehead atoms. The van der Waals surface area contributed by atoms with Crippen LogP contribution in [0.5, 0.6) is 5.75 Å². The summed E-state index contributed by atoms with van der Waals surface area (Å²) in [6.07, 6.45) is 1.42. The quantitative estimate of drug-likeness (QED) is 0.503. The number of ether oxygens (including phenoxy) is 2. The van der Waals surface area contributed by atoms with E-state index in [-0.39, 0.29) is 25.2 Å². The molecule has 0 spiro atoms. The SMILES string of the molecule is CC(C)C[C@H](NC(=O)COC(=O)COc1ccccc1C=O)c1ccccc1. The second-order valence-corrected chi connectivity index (χ2v) is 6.77. The van der Waals surface area contributed by atoms with Crippen LogP contribution in [0.25, 0.3) is 0 Å². The zero-order valence-electron chi connectivity index (χ0n) is 16.1. The van der Waals surface area contributed by atoms with Crippen LogP contribution in [0.4, 0.5) is 0 Å². The average Bonchev–Trinajstić information content (AvgIpc) is 2.70. The highest BCUT2D eigenvalue weighted by Gasteiger charge is 2.17. The number of hydrogen-bond donors (Lipinski definition) is 1. The van der Waals surface area contributed by atoms with Crippen molar-refractivity contribution in [2.24, 2.45) is 5.92 Å². The number of para-hydroxylation sites is 1. The highest BCUT2D eigenvalue weighted by Crippen LogP contribution is 2.21. The van der Waals surface area contributed by atoms with Gasteiger partial charge in [0.15, 0.2) is 19.5 Å². The van der Waals surface area contributed by atoms with Crippen LogP contribution in [-0.2, 0) is 14.3 Å². The minimum absolute atomic E-state index is 0.150.